The molecule has 1 amide bonds. The van der Waals surface area contributed by atoms with Gasteiger partial charge in [-0.05, 0) is 26.8 Å². The van der Waals surface area contributed by atoms with Crippen molar-refractivity contribution in [2.24, 2.45) is 0 Å². The lowest BCUT2D eigenvalue weighted by Gasteiger charge is -2.21. The molecule has 1 atom stereocenters. The normalized spacial score (nSPS) is 12.3. The molecular formula is C12H18N4O4. The van der Waals surface area contributed by atoms with Crippen LogP contribution in [0.3, 0.4) is 0 Å². The second kappa shape index (κ2) is 6.69. The number of hydrogen-bond acceptors (Lipinski definition) is 6. The number of rotatable bonds is 5. The molecule has 0 fully saturated rings. The molecule has 0 radical (unpaired) electrons. The van der Waals surface area contributed by atoms with Crippen LogP contribution in [0.5, 0.6) is 0 Å². The van der Waals surface area contributed by atoms with Crippen LogP contribution >= 0.6 is 0 Å². The Morgan fingerprint density at radius 1 is 1.35 bits per heavy atom. The van der Waals surface area contributed by atoms with Gasteiger partial charge in [-0.2, -0.15) is 0 Å². The maximum absolute atomic E-state index is 11.5. The van der Waals surface area contributed by atoms with Gasteiger partial charge < -0.3 is 20.5 Å². The van der Waals surface area contributed by atoms with Crippen LogP contribution in [0.15, 0.2) is 18.5 Å². The molecule has 0 spiro atoms. The van der Waals surface area contributed by atoms with Gasteiger partial charge in [0.15, 0.2) is 0 Å². The summed E-state index contributed by atoms with van der Waals surface area (Å²) in [5.74, 6) is -0.959. The largest absolute Gasteiger partial charge is 0.480 e. The van der Waals surface area contributed by atoms with Gasteiger partial charge >= 0.3 is 12.1 Å². The number of alkyl carbamates (subject to hydrolysis) is 1. The Labute approximate surface area is 116 Å². The Morgan fingerprint density at radius 2 is 1.95 bits per heavy atom. The van der Waals surface area contributed by atoms with Crippen LogP contribution in [0.2, 0.25) is 0 Å². The van der Waals surface area contributed by atoms with Gasteiger partial charge in [0.2, 0.25) is 5.95 Å². The quantitative estimate of drug-likeness (QED) is 0.734. The molecule has 0 bridgehead atoms. The van der Waals surface area contributed by atoms with E-state index < -0.39 is 23.7 Å². The number of ether oxygens (including phenoxy) is 1. The minimum atomic E-state index is -1.13. The molecule has 0 saturated carbocycles. The van der Waals surface area contributed by atoms with Gasteiger partial charge in [-0.15, -0.1) is 0 Å². The van der Waals surface area contributed by atoms with E-state index in [2.05, 4.69) is 20.6 Å². The molecular weight excluding hydrogens is 264 g/mol. The number of carboxylic acids is 1. The molecule has 8 nitrogen and oxygen atoms in total. The van der Waals surface area contributed by atoms with Crippen LogP contribution in [-0.4, -0.2) is 45.3 Å². The number of aliphatic carboxylic acids is 1. The van der Waals surface area contributed by atoms with E-state index in [1.807, 2.05) is 0 Å². The van der Waals surface area contributed by atoms with Gasteiger partial charge in [0, 0.05) is 12.4 Å². The third kappa shape index (κ3) is 5.98. The van der Waals surface area contributed by atoms with Crippen molar-refractivity contribution in [1.29, 1.82) is 0 Å². The van der Waals surface area contributed by atoms with Crippen molar-refractivity contribution in [2.45, 2.75) is 32.4 Å². The van der Waals surface area contributed by atoms with Crippen molar-refractivity contribution in [3.63, 3.8) is 0 Å². The van der Waals surface area contributed by atoms with Gasteiger partial charge in [-0.25, -0.2) is 19.6 Å². The average Bonchev–Trinajstić information content (AvgIpc) is 2.33. The number of nitrogens with zero attached hydrogens (tertiary/aromatic N) is 2. The summed E-state index contributed by atoms with van der Waals surface area (Å²) in [4.78, 5) is 30.3. The molecule has 0 aliphatic heterocycles. The number of anilines is 1. The number of carbonyl (C=O) groups is 2. The van der Waals surface area contributed by atoms with Crippen LogP contribution in [0.4, 0.5) is 10.7 Å². The van der Waals surface area contributed by atoms with E-state index in [0.29, 0.717) is 0 Å². The minimum Gasteiger partial charge on any atom is -0.480 e. The molecule has 0 aromatic carbocycles. The molecule has 0 aliphatic rings. The van der Waals surface area contributed by atoms with Crippen molar-refractivity contribution in [3.8, 4) is 0 Å². The van der Waals surface area contributed by atoms with E-state index in [1.54, 1.807) is 26.8 Å². The van der Waals surface area contributed by atoms with Crippen molar-refractivity contribution >= 4 is 18.0 Å². The summed E-state index contributed by atoms with van der Waals surface area (Å²) in [6, 6.07) is 0.560. The number of nitrogens with one attached hydrogen (secondary N) is 2. The van der Waals surface area contributed by atoms with E-state index in [-0.39, 0.29) is 12.5 Å². The lowest BCUT2D eigenvalue weighted by atomic mass is 10.2. The van der Waals surface area contributed by atoms with Crippen molar-refractivity contribution in [3.05, 3.63) is 18.5 Å². The zero-order valence-corrected chi connectivity index (χ0v) is 11.6. The van der Waals surface area contributed by atoms with E-state index in [0.717, 1.165) is 0 Å². The molecule has 0 aliphatic carbocycles. The summed E-state index contributed by atoms with van der Waals surface area (Å²) in [6.07, 6.45) is 2.28. The van der Waals surface area contributed by atoms with Gasteiger partial charge in [0.1, 0.15) is 11.6 Å². The zero-order valence-electron chi connectivity index (χ0n) is 11.6. The third-order valence-corrected chi connectivity index (χ3v) is 2.02. The number of hydrogen-bond donors (Lipinski definition) is 3. The summed E-state index contributed by atoms with van der Waals surface area (Å²) in [6.45, 7) is 5.01. The number of amides is 1. The fourth-order valence-corrected chi connectivity index (χ4v) is 1.23. The molecule has 1 rings (SSSR count). The van der Waals surface area contributed by atoms with Gasteiger partial charge in [-0.3, -0.25) is 0 Å². The third-order valence-electron chi connectivity index (χ3n) is 2.02. The SMILES string of the molecule is CC(C)(C)OC(=O)NCC(Nc1ncccn1)C(=O)O. The van der Waals surface area contributed by atoms with Crippen LogP contribution in [0.25, 0.3) is 0 Å². The van der Waals surface area contributed by atoms with Gasteiger partial charge in [0.05, 0.1) is 6.54 Å². The summed E-state index contributed by atoms with van der Waals surface area (Å²) in [7, 11) is 0. The number of carbonyl (C=O) groups excluding carboxylic acids is 1. The Morgan fingerprint density at radius 3 is 2.45 bits per heavy atom. The molecule has 1 aromatic heterocycles. The highest BCUT2D eigenvalue weighted by atomic mass is 16.6. The summed E-state index contributed by atoms with van der Waals surface area (Å²) < 4.78 is 5.02. The fraction of sp³-hybridized carbons (Fsp3) is 0.500. The van der Waals surface area contributed by atoms with E-state index in [4.69, 9.17) is 9.84 Å². The predicted octanol–water partition coefficient (Wildman–Crippen LogP) is 0.866. The first kappa shape index (κ1) is 15.7. The smallest absolute Gasteiger partial charge is 0.407 e. The Bertz CT molecular complexity index is 458. The second-order valence-corrected chi connectivity index (χ2v) is 4.99. The topological polar surface area (TPSA) is 113 Å². The molecule has 1 aromatic rings. The first-order chi connectivity index (χ1) is 9.28. The molecule has 3 N–H and O–H groups in total. The molecule has 1 heterocycles. The minimum absolute atomic E-state index is 0.150. The predicted molar refractivity (Wildman–Crippen MR) is 71.3 cm³/mol. The first-order valence-corrected chi connectivity index (χ1v) is 6.01. The lowest BCUT2D eigenvalue weighted by molar-refractivity contribution is -0.137. The Balaban J connectivity index is 2.52. The van der Waals surface area contributed by atoms with Crippen LogP contribution in [-0.2, 0) is 9.53 Å². The maximum atomic E-state index is 11.5. The highest BCUT2D eigenvalue weighted by molar-refractivity contribution is 5.78. The first-order valence-electron chi connectivity index (χ1n) is 6.01. The summed E-state index contributed by atoms with van der Waals surface area (Å²) >= 11 is 0. The van der Waals surface area contributed by atoms with Crippen molar-refractivity contribution < 1.29 is 19.4 Å². The standard InChI is InChI=1S/C12H18N4O4/c1-12(2,3)20-11(19)15-7-8(9(17)18)16-10-13-5-4-6-14-10/h4-6,8H,7H2,1-3H3,(H,15,19)(H,17,18)(H,13,14,16). The monoisotopic (exact) mass is 282 g/mol. The fourth-order valence-electron chi connectivity index (χ4n) is 1.23. The average molecular weight is 282 g/mol. The van der Waals surface area contributed by atoms with Crippen LogP contribution in [0.1, 0.15) is 20.8 Å². The Kier molecular flexibility index (Phi) is 5.24. The van der Waals surface area contributed by atoms with Crippen LogP contribution in [0, 0.1) is 0 Å². The maximum Gasteiger partial charge on any atom is 0.407 e. The number of carboxylic acid groups (broad SMARTS) is 1. The summed E-state index contributed by atoms with van der Waals surface area (Å²) in [5, 5.41) is 14.1. The second-order valence-electron chi connectivity index (χ2n) is 4.99. The molecule has 20 heavy (non-hydrogen) atoms. The molecule has 110 valence electrons. The Hall–Kier alpha value is -2.38. The highest BCUT2D eigenvalue weighted by Gasteiger charge is 2.21. The van der Waals surface area contributed by atoms with Gasteiger partial charge in [0.25, 0.3) is 0 Å². The van der Waals surface area contributed by atoms with Gasteiger partial charge in [-0.1, -0.05) is 0 Å². The highest BCUT2D eigenvalue weighted by Crippen LogP contribution is 2.06. The van der Waals surface area contributed by atoms with E-state index in [9.17, 15) is 9.59 Å². The van der Waals surface area contributed by atoms with E-state index in [1.165, 1.54) is 12.4 Å². The lowest BCUT2D eigenvalue weighted by Crippen LogP contribution is -2.43. The summed E-state index contributed by atoms with van der Waals surface area (Å²) in [5.41, 5.74) is -0.640. The van der Waals surface area contributed by atoms with Crippen molar-refractivity contribution in [2.75, 3.05) is 11.9 Å². The zero-order chi connectivity index (χ0) is 15.2. The number of aromatic nitrogens is 2. The van der Waals surface area contributed by atoms with E-state index >= 15 is 0 Å². The molecule has 1 unspecified atom stereocenters. The van der Waals surface area contributed by atoms with Crippen molar-refractivity contribution in [1.82, 2.24) is 15.3 Å². The molecule has 8 heteroatoms. The molecule has 0 saturated heterocycles. The van der Waals surface area contributed by atoms with Crippen LogP contribution < -0.4 is 10.6 Å².